The molecule has 0 aliphatic rings. The van der Waals surface area contributed by atoms with E-state index in [2.05, 4.69) is 4.74 Å². The normalized spacial score (nSPS) is 13.9. The number of hydrogen-bond acceptors (Lipinski definition) is 5. The number of rotatable bonds is 5. The van der Waals surface area contributed by atoms with Crippen molar-refractivity contribution in [3.8, 4) is 5.75 Å². The zero-order valence-electron chi connectivity index (χ0n) is 9.79. The van der Waals surface area contributed by atoms with Crippen LogP contribution in [0.1, 0.15) is 18.6 Å². The molecule has 1 aromatic rings. The van der Waals surface area contributed by atoms with Gasteiger partial charge in [-0.25, -0.2) is 4.79 Å². The third kappa shape index (κ3) is 3.44. The van der Waals surface area contributed by atoms with Crippen molar-refractivity contribution in [1.29, 1.82) is 0 Å². The molecule has 0 aromatic heterocycles. The number of benzene rings is 1. The average molecular weight is 240 g/mol. The molecule has 0 heterocycles. The molecule has 0 saturated heterocycles. The van der Waals surface area contributed by atoms with E-state index in [0.717, 1.165) is 0 Å². The summed E-state index contributed by atoms with van der Waals surface area (Å²) in [5.74, 6) is -0.206. The van der Waals surface area contributed by atoms with E-state index >= 15 is 0 Å². The van der Waals surface area contributed by atoms with Gasteiger partial charge in [0.15, 0.2) is 6.10 Å². The van der Waals surface area contributed by atoms with Crippen molar-refractivity contribution < 1.29 is 24.5 Å². The summed E-state index contributed by atoms with van der Waals surface area (Å²) in [5, 5.41) is 19.3. The minimum Gasteiger partial charge on any atom is -0.497 e. The van der Waals surface area contributed by atoms with Crippen LogP contribution in [0.3, 0.4) is 0 Å². The van der Waals surface area contributed by atoms with Crippen molar-refractivity contribution in [1.82, 2.24) is 0 Å². The van der Waals surface area contributed by atoms with Crippen LogP contribution in [0.4, 0.5) is 0 Å². The molecule has 94 valence electrons. The Morgan fingerprint density at radius 1 is 1.29 bits per heavy atom. The Kier molecular flexibility index (Phi) is 4.93. The summed E-state index contributed by atoms with van der Waals surface area (Å²) in [7, 11) is 1.53. The first-order valence-corrected chi connectivity index (χ1v) is 5.26. The molecule has 0 fully saturated rings. The summed E-state index contributed by atoms with van der Waals surface area (Å²) in [6.07, 6.45) is -2.89. The topological polar surface area (TPSA) is 76.0 Å². The zero-order chi connectivity index (χ0) is 12.8. The van der Waals surface area contributed by atoms with Crippen LogP contribution in [-0.4, -0.2) is 36.0 Å². The molecule has 0 unspecified atom stereocenters. The fraction of sp³-hybridized carbons (Fsp3) is 0.417. The van der Waals surface area contributed by atoms with Crippen LogP contribution in [0.15, 0.2) is 24.3 Å². The zero-order valence-corrected chi connectivity index (χ0v) is 9.79. The van der Waals surface area contributed by atoms with E-state index in [-0.39, 0.29) is 6.61 Å². The maximum Gasteiger partial charge on any atom is 0.338 e. The first-order valence-electron chi connectivity index (χ1n) is 5.26. The van der Waals surface area contributed by atoms with Gasteiger partial charge in [0.2, 0.25) is 0 Å². The van der Waals surface area contributed by atoms with Crippen LogP contribution in [0.5, 0.6) is 5.75 Å². The Morgan fingerprint density at radius 2 is 1.88 bits per heavy atom. The molecule has 0 aliphatic carbocycles. The van der Waals surface area contributed by atoms with E-state index in [1.54, 1.807) is 31.2 Å². The highest BCUT2D eigenvalue weighted by Gasteiger charge is 2.26. The molecule has 2 atom stereocenters. The first kappa shape index (κ1) is 13.5. The highest BCUT2D eigenvalue weighted by molar-refractivity contribution is 5.75. The second-order valence-electron chi connectivity index (χ2n) is 3.41. The van der Waals surface area contributed by atoms with E-state index in [4.69, 9.17) is 4.74 Å². The van der Waals surface area contributed by atoms with Gasteiger partial charge in [-0.3, -0.25) is 0 Å². The predicted octanol–water partition coefficient (Wildman–Crippen LogP) is 0.653. The van der Waals surface area contributed by atoms with Crippen molar-refractivity contribution in [2.24, 2.45) is 0 Å². The Bertz CT molecular complexity index is 360. The van der Waals surface area contributed by atoms with Crippen LogP contribution in [0.25, 0.3) is 0 Å². The first-order chi connectivity index (χ1) is 8.10. The van der Waals surface area contributed by atoms with Crippen molar-refractivity contribution in [3.05, 3.63) is 29.8 Å². The molecule has 5 nitrogen and oxygen atoms in total. The number of carbonyl (C=O) groups excluding carboxylic acids is 1. The summed E-state index contributed by atoms with van der Waals surface area (Å²) in [5.41, 5.74) is 0.423. The third-order valence-corrected chi connectivity index (χ3v) is 2.28. The average Bonchev–Trinajstić information content (AvgIpc) is 2.37. The van der Waals surface area contributed by atoms with E-state index < -0.39 is 18.2 Å². The Hall–Kier alpha value is -1.59. The number of ether oxygens (including phenoxy) is 2. The SMILES string of the molecule is CCOC(=O)[C@H](O)[C@@H](O)c1ccc(OC)cc1. The highest BCUT2D eigenvalue weighted by atomic mass is 16.5. The van der Waals surface area contributed by atoms with E-state index in [9.17, 15) is 15.0 Å². The lowest BCUT2D eigenvalue weighted by atomic mass is 10.0. The molecule has 2 N–H and O–H groups in total. The number of hydrogen-bond donors (Lipinski definition) is 2. The molecule has 0 aliphatic heterocycles. The second kappa shape index (κ2) is 6.22. The van der Waals surface area contributed by atoms with Gasteiger partial charge in [0.25, 0.3) is 0 Å². The molecule has 1 rings (SSSR count). The molecule has 0 bridgehead atoms. The molecule has 17 heavy (non-hydrogen) atoms. The summed E-state index contributed by atoms with van der Waals surface area (Å²) in [6, 6.07) is 6.42. The van der Waals surface area contributed by atoms with Crippen LogP contribution in [0.2, 0.25) is 0 Å². The van der Waals surface area contributed by atoms with Gasteiger partial charge in [-0.05, 0) is 24.6 Å². The van der Waals surface area contributed by atoms with Crippen LogP contribution < -0.4 is 4.74 Å². The fourth-order valence-corrected chi connectivity index (χ4v) is 1.34. The minimum atomic E-state index is -1.58. The number of esters is 1. The van der Waals surface area contributed by atoms with Gasteiger partial charge in [0.05, 0.1) is 13.7 Å². The summed E-state index contributed by atoms with van der Waals surface area (Å²) in [6.45, 7) is 1.79. The van der Waals surface area contributed by atoms with Gasteiger partial charge >= 0.3 is 5.97 Å². The van der Waals surface area contributed by atoms with Gasteiger partial charge in [0, 0.05) is 0 Å². The maximum absolute atomic E-state index is 11.2. The summed E-state index contributed by atoms with van der Waals surface area (Å²) >= 11 is 0. The van der Waals surface area contributed by atoms with Gasteiger partial charge in [-0.2, -0.15) is 0 Å². The Labute approximate surface area is 99.6 Å². The number of methoxy groups -OCH3 is 1. The molecular formula is C12H16O5. The van der Waals surface area contributed by atoms with Gasteiger partial charge in [-0.15, -0.1) is 0 Å². The lowest BCUT2D eigenvalue weighted by molar-refractivity contribution is -0.159. The van der Waals surface area contributed by atoms with Crippen LogP contribution >= 0.6 is 0 Å². The highest BCUT2D eigenvalue weighted by Crippen LogP contribution is 2.20. The summed E-state index contributed by atoms with van der Waals surface area (Å²) in [4.78, 5) is 11.2. The van der Waals surface area contributed by atoms with Crippen molar-refractivity contribution in [2.45, 2.75) is 19.1 Å². The predicted molar refractivity (Wildman–Crippen MR) is 60.6 cm³/mol. The molecular weight excluding hydrogens is 224 g/mol. The lowest BCUT2D eigenvalue weighted by Gasteiger charge is -2.16. The quantitative estimate of drug-likeness (QED) is 0.739. The third-order valence-electron chi connectivity index (χ3n) is 2.28. The molecule has 0 amide bonds. The Morgan fingerprint density at radius 3 is 2.35 bits per heavy atom. The smallest absolute Gasteiger partial charge is 0.338 e. The van der Waals surface area contributed by atoms with Gasteiger partial charge in [0.1, 0.15) is 11.9 Å². The molecule has 0 radical (unpaired) electrons. The Balaban J connectivity index is 2.73. The maximum atomic E-state index is 11.2. The van der Waals surface area contributed by atoms with E-state index in [1.165, 1.54) is 7.11 Å². The van der Waals surface area contributed by atoms with Crippen LogP contribution in [0, 0.1) is 0 Å². The summed E-state index contributed by atoms with van der Waals surface area (Å²) < 4.78 is 9.58. The number of carbonyl (C=O) groups is 1. The second-order valence-corrected chi connectivity index (χ2v) is 3.41. The molecule has 0 spiro atoms. The fourth-order valence-electron chi connectivity index (χ4n) is 1.34. The lowest BCUT2D eigenvalue weighted by Crippen LogP contribution is -2.29. The van der Waals surface area contributed by atoms with Crippen LogP contribution in [-0.2, 0) is 9.53 Å². The molecule has 1 aromatic carbocycles. The number of aliphatic hydroxyl groups is 2. The van der Waals surface area contributed by atoms with Gasteiger partial charge in [-0.1, -0.05) is 12.1 Å². The minimum absolute atomic E-state index is 0.158. The van der Waals surface area contributed by atoms with Crippen molar-refractivity contribution >= 4 is 5.97 Å². The van der Waals surface area contributed by atoms with E-state index in [1.807, 2.05) is 0 Å². The largest absolute Gasteiger partial charge is 0.497 e. The molecule has 5 heteroatoms. The van der Waals surface area contributed by atoms with Crippen molar-refractivity contribution in [2.75, 3.05) is 13.7 Å². The molecule has 0 saturated carbocycles. The monoisotopic (exact) mass is 240 g/mol. The van der Waals surface area contributed by atoms with Gasteiger partial charge < -0.3 is 19.7 Å². The van der Waals surface area contributed by atoms with Crippen molar-refractivity contribution in [3.63, 3.8) is 0 Å². The standard InChI is InChI=1S/C12H16O5/c1-3-17-12(15)11(14)10(13)8-4-6-9(16-2)7-5-8/h4-7,10-11,13-14H,3H2,1-2H3/t10-,11+/m0/s1. The number of aliphatic hydroxyl groups excluding tert-OH is 2. The van der Waals surface area contributed by atoms with E-state index in [0.29, 0.717) is 11.3 Å².